The van der Waals surface area contributed by atoms with Crippen LogP contribution in [-0.4, -0.2) is 7.11 Å². The van der Waals surface area contributed by atoms with E-state index < -0.39 is 0 Å². The third-order valence-corrected chi connectivity index (χ3v) is 3.07. The van der Waals surface area contributed by atoms with E-state index in [-0.39, 0.29) is 0 Å². The van der Waals surface area contributed by atoms with Crippen LogP contribution in [0.4, 0.5) is 17.1 Å². The van der Waals surface area contributed by atoms with E-state index in [1.165, 1.54) is 5.56 Å². The molecule has 0 saturated heterocycles. The van der Waals surface area contributed by atoms with Crippen molar-refractivity contribution in [1.82, 2.24) is 0 Å². The summed E-state index contributed by atoms with van der Waals surface area (Å²) in [6.07, 6.45) is 2.17. The van der Waals surface area contributed by atoms with Crippen LogP contribution < -0.4 is 15.8 Å². The number of nitrogen functional groups attached to an aromatic ring is 1. The predicted molar refractivity (Wildman–Crippen MR) is 81.1 cm³/mol. The van der Waals surface area contributed by atoms with Crippen LogP contribution in [0.3, 0.4) is 0 Å². The molecule has 0 atom stereocenters. The lowest BCUT2D eigenvalue weighted by atomic mass is 10.1. The first-order chi connectivity index (χ1) is 9.24. The molecule has 19 heavy (non-hydrogen) atoms. The lowest BCUT2D eigenvalue weighted by Gasteiger charge is -2.14. The zero-order valence-corrected chi connectivity index (χ0v) is 11.4. The van der Waals surface area contributed by atoms with E-state index in [4.69, 9.17) is 10.5 Å². The van der Waals surface area contributed by atoms with Crippen LogP contribution in [0, 0.1) is 0 Å². The van der Waals surface area contributed by atoms with Crippen LogP contribution >= 0.6 is 0 Å². The van der Waals surface area contributed by atoms with Gasteiger partial charge in [0.1, 0.15) is 5.75 Å². The average molecular weight is 256 g/mol. The third-order valence-electron chi connectivity index (χ3n) is 3.07. The minimum absolute atomic E-state index is 0.715. The molecule has 0 spiro atoms. The number of nitrogens with two attached hydrogens (primary N) is 1. The van der Waals surface area contributed by atoms with Gasteiger partial charge in [0, 0.05) is 11.8 Å². The van der Waals surface area contributed by atoms with Crippen molar-refractivity contribution < 1.29 is 4.74 Å². The maximum absolute atomic E-state index is 6.00. The number of nitrogens with one attached hydrogen (secondary N) is 1. The maximum Gasteiger partial charge on any atom is 0.121 e. The molecule has 0 fully saturated rings. The van der Waals surface area contributed by atoms with E-state index in [0.717, 1.165) is 30.0 Å². The Labute approximate surface area is 114 Å². The largest absolute Gasteiger partial charge is 0.497 e. The molecule has 0 aliphatic carbocycles. The Bertz CT molecular complexity index is 552. The van der Waals surface area contributed by atoms with Crippen LogP contribution in [0.1, 0.15) is 18.9 Å². The molecule has 0 heterocycles. The highest BCUT2D eigenvalue weighted by atomic mass is 16.5. The van der Waals surface area contributed by atoms with Gasteiger partial charge in [0.2, 0.25) is 0 Å². The van der Waals surface area contributed by atoms with Crippen molar-refractivity contribution >= 4 is 17.1 Å². The highest BCUT2D eigenvalue weighted by molar-refractivity contribution is 5.75. The molecule has 2 aromatic rings. The van der Waals surface area contributed by atoms with E-state index in [0.29, 0.717) is 5.69 Å². The van der Waals surface area contributed by atoms with Crippen LogP contribution in [0.2, 0.25) is 0 Å². The third kappa shape index (κ3) is 3.19. The van der Waals surface area contributed by atoms with E-state index in [9.17, 15) is 0 Å². The summed E-state index contributed by atoms with van der Waals surface area (Å²) < 4.78 is 5.23. The second-order valence-electron chi connectivity index (χ2n) is 4.49. The average Bonchev–Trinajstić information content (AvgIpc) is 2.43. The van der Waals surface area contributed by atoms with E-state index in [1.807, 2.05) is 24.3 Å². The first kappa shape index (κ1) is 13.3. The molecule has 0 aliphatic heterocycles. The Morgan fingerprint density at radius 2 is 1.89 bits per heavy atom. The van der Waals surface area contributed by atoms with Gasteiger partial charge in [-0.3, -0.25) is 0 Å². The minimum Gasteiger partial charge on any atom is -0.497 e. The number of rotatable bonds is 5. The first-order valence-corrected chi connectivity index (χ1v) is 6.53. The van der Waals surface area contributed by atoms with Crippen molar-refractivity contribution in [2.75, 3.05) is 18.2 Å². The zero-order valence-electron chi connectivity index (χ0n) is 11.4. The second-order valence-corrected chi connectivity index (χ2v) is 4.49. The summed E-state index contributed by atoms with van der Waals surface area (Å²) in [5.41, 5.74) is 9.99. The van der Waals surface area contributed by atoms with Crippen molar-refractivity contribution in [3.8, 4) is 5.75 Å². The summed E-state index contributed by atoms with van der Waals surface area (Å²) in [7, 11) is 1.65. The Morgan fingerprint density at radius 3 is 2.63 bits per heavy atom. The predicted octanol–water partition coefficient (Wildman–Crippen LogP) is 3.97. The quantitative estimate of drug-likeness (QED) is 0.796. The Morgan fingerprint density at radius 1 is 1.11 bits per heavy atom. The molecule has 0 aliphatic rings. The second kappa shape index (κ2) is 6.14. The van der Waals surface area contributed by atoms with Crippen LogP contribution in [0.15, 0.2) is 42.5 Å². The number of aryl methyl sites for hydroxylation is 1. The summed E-state index contributed by atoms with van der Waals surface area (Å²) >= 11 is 0. The van der Waals surface area contributed by atoms with E-state index in [1.54, 1.807) is 7.11 Å². The summed E-state index contributed by atoms with van der Waals surface area (Å²) in [5, 5.41) is 3.40. The molecule has 100 valence electrons. The monoisotopic (exact) mass is 256 g/mol. The summed E-state index contributed by atoms with van der Waals surface area (Å²) in [6.45, 7) is 2.18. The lowest BCUT2D eigenvalue weighted by Crippen LogP contribution is -2.00. The molecule has 3 nitrogen and oxygen atoms in total. The van der Waals surface area contributed by atoms with Gasteiger partial charge in [-0.05, 0) is 30.2 Å². The number of hydrogen-bond donors (Lipinski definition) is 2. The van der Waals surface area contributed by atoms with Crippen molar-refractivity contribution in [2.24, 2.45) is 0 Å². The first-order valence-electron chi connectivity index (χ1n) is 6.53. The fourth-order valence-electron chi connectivity index (χ4n) is 2.05. The molecule has 2 rings (SSSR count). The summed E-state index contributed by atoms with van der Waals surface area (Å²) in [6, 6.07) is 13.9. The summed E-state index contributed by atoms with van der Waals surface area (Å²) in [4.78, 5) is 0. The molecule has 0 unspecified atom stereocenters. The van der Waals surface area contributed by atoms with Crippen molar-refractivity contribution in [3.63, 3.8) is 0 Å². The normalized spacial score (nSPS) is 10.2. The molecule has 3 heteroatoms. The maximum atomic E-state index is 6.00. The minimum atomic E-state index is 0.715. The Kier molecular flexibility index (Phi) is 4.29. The van der Waals surface area contributed by atoms with Gasteiger partial charge in [0.05, 0.1) is 18.5 Å². The van der Waals surface area contributed by atoms with Gasteiger partial charge in [-0.25, -0.2) is 0 Å². The zero-order chi connectivity index (χ0) is 13.7. The van der Waals surface area contributed by atoms with Crippen molar-refractivity contribution in [1.29, 1.82) is 0 Å². The highest BCUT2D eigenvalue weighted by Gasteiger charge is 2.05. The molecular formula is C16H20N2O. The Hall–Kier alpha value is -2.16. The van der Waals surface area contributed by atoms with E-state index in [2.05, 4.69) is 30.4 Å². The molecule has 2 aromatic carbocycles. The fraction of sp³-hybridized carbons (Fsp3) is 0.250. The van der Waals surface area contributed by atoms with Gasteiger partial charge < -0.3 is 15.8 Å². The van der Waals surface area contributed by atoms with Crippen molar-refractivity contribution in [2.45, 2.75) is 19.8 Å². The summed E-state index contributed by atoms with van der Waals surface area (Å²) in [5.74, 6) is 0.796. The molecule has 0 amide bonds. The van der Waals surface area contributed by atoms with Crippen LogP contribution in [0.5, 0.6) is 5.75 Å². The number of benzene rings is 2. The smallest absolute Gasteiger partial charge is 0.121 e. The van der Waals surface area contributed by atoms with Crippen molar-refractivity contribution in [3.05, 3.63) is 48.0 Å². The SMILES string of the molecule is CCCc1ccccc1Nc1cc(OC)ccc1N. The number of para-hydroxylation sites is 1. The lowest BCUT2D eigenvalue weighted by molar-refractivity contribution is 0.415. The molecular weight excluding hydrogens is 236 g/mol. The van der Waals surface area contributed by atoms with Gasteiger partial charge in [0.15, 0.2) is 0 Å². The molecule has 3 N–H and O–H groups in total. The number of ether oxygens (including phenoxy) is 1. The number of anilines is 3. The van der Waals surface area contributed by atoms with Gasteiger partial charge in [-0.1, -0.05) is 31.5 Å². The topological polar surface area (TPSA) is 47.3 Å². The molecule has 0 radical (unpaired) electrons. The van der Waals surface area contributed by atoms with Gasteiger partial charge in [-0.2, -0.15) is 0 Å². The number of hydrogen-bond acceptors (Lipinski definition) is 3. The van der Waals surface area contributed by atoms with Gasteiger partial charge in [-0.15, -0.1) is 0 Å². The highest BCUT2D eigenvalue weighted by Crippen LogP contribution is 2.29. The number of methoxy groups -OCH3 is 1. The van der Waals surface area contributed by atoms with E-state index >= 15 is 0 Å². The van der Waals surface area contributed by atoms with Gasteiger partial charge in [0.25, 0.3) is 0 Å². The van der Waals surface area contributed by atoms with Gasteiger partial charge >= 0.3 is 0 Å². The molecule has 0 bridgehead atoms. The van der Waals surface area contributed by atoms with Crippen LogP contribution in [-0.2, 0) is 6.42 Å². The van der Waals surface area contributed by atoms with Crippen LogP contribution in [0.25, 0.3) is 0 Å². The molecule has 0 saturated carbocycles. The molecule has 0 aromatic heterocycles. The fourth-order valence-corrected chi connectivity index (χ4v) is 2.05. The Balaban J connectivity index is 2.30. The standard InChI is InChI=1S/C16H20N2O/c1-3-6-12-7-4-5-8-15(12)18-16-11-13(19-2)9-10-14(16)17/h4-5,7-11,18H,3,6,17H2,1-2H3.